The Hall–Kier alpha value is -3.09. The normalized spacial score (nSPS) is 16.9. The highest BCUT2D eigenvalue weighted by Gasteiger charge is 2.30. The summed E-state index contributed by atoms with van der Waals surface area (Å²) < 4.78 is 24.0. The first kappa shape index (κ1) is 18.7. The largest absolute Gasteiger partial charge is 0.497 e. The van der Waals surface area contributed by atoms with Crippen LogP contribution in [0.15, 0.2) is 47.6 Å². The first-order chi connectivity index (χ1) is 13.0. The third-order valence-electron chi connectivity index (χ3n) is 4.38. The number of carbonyl (C=O) groups is 1. The lowest BCUT2D eigenvalue weighted by Crippen LogP contribution is -2.36. The summed E-state index contributed by atoms with van der Waals surface area (Å²) in [6.45, 7) is 1.85. The van der Waals surface area contributed by atoms with E-state index in [1.54, 1.807) is 38.5 Å². The van der Waals surface area contributed by atoms with Crippen LogP contribution in [0.4, 0.5) is 4.39 Å². The van der Waals surface area contributed by atoms with Crippen LogP contribution in [0.2, 0.25) is 0 Å². The second-order valence-corrected chi connectivity index (χ2v) is 6.18. The van der Waals surface area contributed by atoms with E-state index in [2.05, 4.69) is 10.5 Å². The predicted molar refractivity (Wildman–Crippen MR) is 98.5 cm³/mol. The first-order valence-electron chi connectivity index (χ1n) is 8.52. The second kappa shape index (κ2) is 8.07. The molecule has 2 aromatic carbocycles. The van der Waals surface area contributed by atoms with Crippen molar-refractivity contribution < 1.29 is 23.5 Å². The maximum atomic E-state index is 13.4. The quantitative estimate of drug-likeness (QED) is 0.845. The number of carbonyl (C=O) groups excluding carboxylic acids is 1. The maximum Gasteiger partial charge on any atom is 0.264 e. The molecule has 1 amide bonds. The molecule has 27 heavy (non-hydrogen) atoms. The van der Waals surface area contributed by atoms with E-state index in [0.717, 1.165) is 5.56 Å². The van der Waals surface area contributed by atoms with E-state index in [1.807, 2.05) is 13.0 Å². The Balaban J connectivity index is 1.66. The highest BCUT2D eigenvalue weighted by atomic mass is 19.1. The van der Waals surface area contributed by atoms with Crippen molar-refractivity contribution in [3.63, 3.8) is 0 Å². The molecule has 3 rings (SSSR count). The van der Waals surface area contributed by atoms with E-state index in [-0.39, 0.29) is 24.2 Å². The third-order valence-corrected chi connectivity index (χ3v) is 4.38. The van der Waals surface area contributed by atoms with Gasteiger partial charge in [-0.05, 0) is 37.3 Å². The van der Waals surface area contributed by atoms with Crippen LogP contribution < -0.4 is 14.8 Å². The minimum absolute atomic E-state index is 0.275. The van der Waals surface area contributed by atoms with E-state index in [0.29, 0.717) is 22.8 Å². The fourth-order valence-electron chi connectivity index (χ4n) is 2.92. The number of methoxy groups -OCH3 is 2. The van der Waals surface area contributed by atoms with Crippen LogP contribution in [0, 0.1) is 5.82 Å². The van der Waals surface area contributed by atoms with Gasteiger partial charge >= 0.3 is 0 Å². The molecule has 1 aliphatic heterocycles. The van der Waals surface area contributed by atoms with E-state index in [4.69, 9.17) is 14.3 Å². The smallest absolute Gasteiger partial charge is 0.264 e. The highest BCUT2D eigenvalue weighted by Crippen LogP contribution is 2.29. The van der Waals surface area contributed by atoms with E-state index in [9.17, 15) is 9.18 Å². The van der Waals surface area contributed by atoms with Crippen LogP contribution in [-0.2, 0) is 9.63 Å². The zero-order valence-corrected chi connectivity index (χ0v) is 15.4. The summed E-state index contributed by atoms with van der Waals surface area (Å²) in [5.41, 5.74) is 1.93. The lowest BCUT2D eigenvalue weighted by atomic mass is 10.0. The number of benzene rings is 2. The van der Waals surface area contributed by atoms with Gasteiger partial charge in [-0.25, -0.2) is 4.39 Å². The molecule has 142 valence electrons. The van der Waals surface area contributed by atoms with Gasteiger partial charge in [-0.2, -0.15) is 0 Å². The van der Waals surface area contributed by atoms with E-state index >= 15 is 0 Å². The molecular formula is C20H21FN2O4. The van der Waals surface area contributed by atoms with Gasteiger partial charge in [0.15, 0.2) is 0 Å². The van der Waals surface area contributed by atoms with Gasteiger partial charge in [0.1, 0.15) is 17.3 Å². The Morgan fingerprint density at radius 1 is 1.26 bits per heavy atom. The number of oxime groups is 1. The molecule has 0 radical (unpaired) electrons. The molecule has 0 aromatic heterocycles. The zero-order valence-electron chi connectivity index (χ0n) is 15.4. The van der Waals surface area contributed by atoms with Crippen molar-refractivity contribution in [1.82, 2.24) is 5.32 Å². The van der Waals surface area contributed by atoms with Crippen LogP contribution in [0.3, 0.4) is 0 Å². The number of hydrogen-bond donors (Lipinski definition) is 1. The summed E-state index contributed by atoms with van der Waals surface area (Å²) in [4.78, 5) is 17.8. The average Bonchev–Trinajstić information content (AvgIpc) is 3.17. The van der Waals surface area contributed by atoms with Crippen LogP contribution in [0.5, 0.6) is 11.5 Å². The van der Waals surface area contributed by atoms with Crippen LogP contribution in [0.1, 0.15) is 30.5 Å². The average molecular weight is 372 g/mol. The minimum Gasteiger partial charge on any atom is -0.497 e. The molecule has 1 N–H and O–H groups in total. The Bertz CT molecular complexity index is 869. The van der Waals surface area contributed by atoms with Gasteiger partial charge < -0.3 is 19.6 Å². The zero-order chi connectivity index (χ0) is 19.4. The molecule has 0 unspecified atom stereocenters. The second-order valence-electron chi connectivity index (χ2n) is 6.18. The lowest BCUT2D eigenvalue weighted by molar-refractivity contribution is -0.131. The Kier molecular flexibility index (Phi) is 5.59. The topological polar surface area (TPSA) is 69.2 Å². The highest BCUT2D eigenvalue weighted by molar-refractivity contribution is 6.04. The van der Waals surface area contributed by atoms with Gasteiger partial charge in [-0.1, -0.05) is 17.3 Å². The van der Waals surface area contributed by atoms with E-state index in [1.165, 1.54) is 12.1 Å². The number of ether oxygens (including phenoxy) is 2. The summed E-state index contributed by atoms with van der Waals surface area (Å²) in [5.74, 6) is 0.651. The molecule has 1 heterocycles. The van der Waals surface area contributed by atoms with Gasteiger partial charge in [-0.15, -0.1) is 0 Å². The van der Waals surface area contributed by atoms with Gasteiger partial charge in [0, 0.05) is 17.5 Å². The molecular weight excluding hydrogens is 351 g/mol. The van der Waals surface area contributed by atoms with Crippen molar-refractivity contribution in [3.05, 3.63) is 59.4 Å². The fraction of sp³-hybridized carbons (Fsp3) is 0.300. The number of rotatable bonds is 6. The molecule has 0 saturated heterocycles. The van der Waals surface area contributed by atoms with Crippen LogP contribution in [-0.4, -0.2) is 31.9 Å². The molecule has 0 bridgehead atoms. The van der Waals surface area contributed by atoms with Crippen molar-refractivity contribution in [3.8, 4) is 11.5 Å². The Morgan fingerprint density at radius 2 is 2.07 bits per heavy atom. The maximum absolute atomic E-state index is 13.4. The summed E-state index contributed by atoms with van der Waals surface area (Å²) in [5, 5.41) is 6.84. The van der Waals surface area contributed by atoms with Crippen LogP contribution in [0.25, 0.3) is 0 Å². The standard InChI is InChI=1S/C20H21FN2O4/c1-12(16-10-15(25-2)7-8-18(16)26-3)22-20(24)19-11-17(23-27-19)13-5-4-6-14(21)9-13/h4-10,12,19H,11H2,1-3H3,(H,22,24)/t12-,19-/m0/s1. The van der Waals surface area contributed by atoms with Gasteiger partial charge in [0.05, 0.1) is 26.0 Å². The van der Waals surface area contributed by atoms with Gasteiger partial charge in [0.25, 0.3) is 5.91 Å². The Morgan fingerprint density at radius 3 is 2.78 bits per heavy atom. The van der Waals surface area contributed by atoms with Crippen molar-refractivity contribution in [2.75, 3.05) is 14.2 Å². The van der Waals surface area contributed by atoms with Gasteiger partial charge in [0.2, 0.25) is 6.10 Å². The summed E-state index contributed by atoms with van der Waals surface area (Å²) in [6.07, 6.45) is -0.487. The molecule has 0 saturated carbocycles. The molecule has 0 fully saturated rings. The van der Waals surface area contributed by atoms with Crippen LogP contribution >= 0.6 is 0 Å². The molecule has 2 atom stereocenters. The number of amides is 1. The number of nitrogens with zero attached hydrogens (tertiary/aromatic N) is 1. The van der Waals surface area contributed by atoms with Crippen molar-refractivity contribution in [1.29, 1.82) is 0 Å². The summed E-state index contributed by atoms with van der Waals surface area (Å²) in [7, 11) is 3.14. The minimum atomic E-state index is -0.762. The molecule has 6 nitrogen and oxygen atoms in total. The van der Waals surface area contributed by atoms with Crippen molar-refractivity contribution in [2.24, 2.45) is 5.16 Å². The number of nitrogens with one attached hydrogen (secondary N) is 1. The fourth-order valence-corrected chi connectivity index (χ4v) is 2.92. The van der Waals surface area contributed by atoms with E-state index < -0.39 is 6.10 Å². The molecule has 7 heteroatoms. The lowest BCUT2D eigenvalue weighted by Gasteiger charge is -2.19. The third kappa shape index (κ3) is 4.19. The first-order valence-corrected chi connectivity index (χ1v) is 8.52. The number of hydrogen-bond acceptors (Lipinski definition) is 5. The molecule has 0 aliphatic carbocycles. The molecule has 1 aliphatic rings. The van der Waals surface area contributed by atoms with Crippen molar-refractivity contribution >= 4 is 11.6 Å². The predicted octanol–water partition coefficient (Wildman–Crippen LogP) is 3.21. The summed E-state index contributed by atoms with van der Waals surface area (Å²) in [6, 6.07) is 11.1. The SMILES string of the molecule is COc1ccc(OC)c([C@H](C)NC(=O)[C@@H]2CC(c3cccc(F)c3)=NO2)c1. The molecule has 0 spiro atoms. The summed E-state index contributed by atoms with van der Waals surface area (Å²) >= 11 is 0. The number of halogens is 1. The Labute approximate surface area is 156 Å². The van der Waals surface area contributed by atoms with Crippen molar-refractivity contribution in [2.45, 2.75) is 25.5 Å². The van der Waals surface area contributed by atoms with Gasteiger partial charge in [-0.3, -0.25) is 4.79 Å². The molecule has 2 aromatic rings. The monoisotopic (exact) mass is 372 g/mol.